The largest absolute Gasteiger partial charge is 0.269 e. The molecule has 0 amide bonds. The average molecular weight is 374 g/mol. The van der Waals surface area contributed by atoms with E-state index in [1.165, 1.54) is 20.4 Å². The molecule has 0 radical (unpaired) electrons. The highest BCUT2D eigenvalue weighted by molar-refractivity contribution is 14.1. The summed E-state index contributed by atoms with van der Waals surface area (Å²) in [5.41, 5.74) is 3.92. The summed E-state index contributed by atoms with van der Waals surface area (Å²) >= 11 is 2.34. The Morgan fingerprint density at radius 2 is 1.65 bits per heavy atom. The molecule has 2 aliphatic heterocycles. The standard InChI is InChI=1S/C17H15IN2/c1-11-19-15(12-7-9-14(18)10-8-12)17-16(20(11)17)13-5-3-2-4-6-13/h2-11,16-17H,1H3/t11-,16+,17-,20?/m1/s1. The van der Waals surface area contributed by atoms with Gasteiger partial charge in [-0.05, 0) is 52.8 Å². The first-order valence-corrected chi connectivity index (χ1v) is 7.99. The van der Waals surface area contributed by atoms with Crippen molar-refractivity contribution < 1.29 is 0 Å². The van der Waals surface area contributed by atoms with Crippen molar-refractivity contribution in [3.8, 4) is 0 Å². The van der Waals surface area contributed by atoms with E-state index >= 15 is 0 Å². The van der Waals surface area contributed by atoms with Crippen molar-refractivity contribution in [1.29, 1.82) is 0 Å². The van der Waals surface area contributed by atoms with Crippen LogP contribution in [0.4, 0.5) is 0 Å². The number of hydrogen-bond donors (Lipinski definition) is 0. The summed E-state index contributed by atoms with van der Waals surface area (Å²) in [5, 5.41) is 0. The molecule has 2 aromatic carbocycles. The van der Waals surface area contributed by atoms with Gasteiger partial charge >= 0.3 is 0 Å². The summed E-state index contributed by atoms with van der Waals surface area (Å²) in [6.07, 6.45) is 0.291. The Bertz CT molecular complexity index is 663. The highest BCUT2D eigenvalue weighted by atomic mass is 127. The van der Waals surface area contributed by atoms with Crippen LogP contribution in [0.2, 0.25) is 0 Å². The third-order valence-electron chi connectivity index (χ3n) is 4.17. The summed E-state index contributed by atoms with van der Waals surface area (Å²) < 4.78 is 1.27. The van der Waals surface area contributed by atoms with Crippen LogP contribution < -0.4 is 0 Å². The number of nitrogens with zero attached hydrogens (tertiary/aromatic N) is 2. The van der Waals surface area contributed by atoms with Gasteiger partial charge in [0.15, 0.2) is 0 Å². The molecular weight excluding hydrogens is 359 g/mol. The van der Waals surface area contributed by atoms with Crippen LogP contribution in [0.1, 0.15) is 24.1 Å². The Balaban J connectivity index is 1.67. The maximum atomic E-state index is 4.84. The molecule has 0 saturated carbocycles. The van der Waals surface area contributed by atoms with Gasteiger partial charge in [0.25, 0.3) is 0 Å². The van der Waals surface area contributed by atoms with Gasteiger partial charge in [0.05, 0.1) is 17.8 Å². The van der Waals surface area contributed by atoms with E-state index in [0.29, 0.717) is 18.2 Å². The van der Waals surface area contributed by atoms with Crippen molar-refractivity contribution in [2.24, 2.45) is 4.99 Å². The highest BCUT2D eigenvalue weighted by Gasteiger charge is 2.57. The Labute approximate surface area is 132 Å². The van der Waals surface area contributed by atoms with Crippen LogP contribution in [-0.2, 0) is 0 Å². The van der Waals surface area contributed by atoms with Crippen LogP contribution in [0.5, 0.6) is 0 Å². The summed E-state index contributed by atoms with van der Waals surface area (Å²) in [7, 11) is 0. The zero-order valence-corrected chi connectivity index (χ0v) is 13.4. The molecule has 2 aliphatic rings. The van der Waals surface area contributed by atoms with Gasteiger partial charge in [-0.3, -0.25) is 9.89 Å². The third-order valence-corrected chi connectivity index (χ3v) is 4.89. The lowest BCUT2D eigenvalue weighted by Gasteiger charge is -2.09. The van der Waals surface area contributed by atoms with Gasteiger partial charge in [-0.1, -0.05) is 42.5 Å². The quantitative estimate of drug-likeness (QED) is 0.576. The third kappa shape index (κ3) is 1.91. The lowest BCUT2D eigenvalue weighted by Crippen LogP contribution is -2.09. The van der Waals surface area contributed by atoms with Crippen LogP contribution in [-0.4, -0.2) is 22.8 Å². The van der Waals surface area contributed by atoms with E-state index in [-0.39, 0.29) is 0 Å². The number of hydrogen-bond acceptors (Lipinski definition) is 2. The zero-order valence-electron chi connectivity index (χ0n) is 11.2. The predicted octanol–water partition coefficient (Wildman–Crippen LogP) is 3.87. The molecule has 4 atom stereocenters. The molecule has 4 rings (SSSR count). The van der Waals surface area contributed by atoms with Gasteiger partial charge in [-0.15, -0.1) is 0 Å². The van der Waals surface area contributed by atoms with E-state index in [1.54, 1.807) is 0 Å². The number of rotatable bonds is 2. The van der Waals surface area contributed by atoms with Crippen LogP contribution >= 0.6 is 22.6 Å². The maximum absolute atomic E-state index is 4.84. The van der Waals surface area contributed by atoms with Gasteiger partial charge in [0.1, 0.15) is 6.17 Å². The molecule has 1 unspecified atom stereocenters. The Hall–Kier alpha value is -1.20. The molecule has 0 bridgehead atoms. The second-order valence-corrected chi connectivity index (χ2v) is 6.65. The molecule has 0 spiro atoms. The van der Waals surface area contributed by atoms with Gasteiger partial charge < -0.3 is 0 Å². The monoisotopic (exact) mass is 374 g/mol. The molecule has 20 heavy (non-hydrogen) atoms. The fourth-order valence-electron chi connectivity index (χ4n) is 3.22. The lowest BCUT2D eigenvalue weighted by atomic mass is 10.0. The molecule has 3 heteroatoms. The van der Waals surface area contributed by atoms with E-state index in [2.05, 4.69) is 89.0 Å². The van der Waals surface area contributed by atoms with E-state index in [9.17, 15) is 0 Å². The SMILES string of the molecule is C[C@@H]1N=C(c2ccc(I)cc2)[C@@H]2[C@H](c3ccccc3)N12. The minimum absolute atomic E-state index is 0.291. The number of halogens is 1. The van der Waals surface area contributed by atoms with Crippen molar-refractivity contribution in [3.63, 3.8) is 0 Å². The fraction of sp³-hybridized carbons (Fsp3) is 0.235. The van der Waals surface area contributed by atoms with Crippen molar-refractivity contribution in [2.75, 3.05) is 0 Å². The minimum atomic E-state index is 0.291. The first-order valence-electron chi connectivity index (χ1n) is 6.92. The highest BCUT2D eigenvalue weighted by Crippen LogP contribution is 2.50. The van der Waals surface area contributed by atoms with Gasteiger partial charge in [0.2, 0.25) is 0 Å². The summed E-state index contributed by atoms with van der Waals surface area (Å²) in [6.45, 7) is 2.19. The zero-order chi connectivity index (χ0) is 13.7. The molecular formula is C17H15IN2. The van der Waals surface area contributed by atoms with Crippen LogP contribution in [0, 0.1) is 3.57 Å². The molecule has 2 heterocycles. The molecule has 100 valence electrons. The molecule has 1 fully saturated rings. The second-order valence-electron chi connectivity index (χ2n) is 5.40. The Kier molecular flexibility index (Phi) is 2.93. The second kappa shape index (κ2) is 4.67. The Morgan fingerprint density at radius 1 is 0.950 bits per heavy atom. The van der Waals surface area contributed by atoms with Crippen LogP contribution in [0.25, 0.3) is 0 Å². The van der Waals surface area contributed by atoms with E-state index in [0.717, 1.165) is 0 Å². The molecule has 1 saturated heterocycles. The Morgan fingerprint density at radius 3 is 2.35 bits per heavy atom. The van der Waals surface area contributed by atoms with Gasteiger partial charge in [-0.2, -0.15) is 0 Å². The normalized spacial score (nSPS) is 30.8. The molecule has 0 aliphatic carbocycles. The predicted molar refractivity (Wildman–Crippen MR) is 90.0 cm³/mol. The number of benzene rings is 2. The summed E-state index contributed by atoms with van der Waals surface area (Å²) in [4.78, 5) is 7.32. The first kappa shape index (κ1) is 12.5. The van der Waals surface area contributed by atoms with Gasteiger partial charge in [0, 0.05) is 3.57 Å². The molecule has 0 N–H and O–H groups in total. The number of fused-ring (bicyclic) bond motifs is 1. The van der Waals surface area contributed by atoms with E-state index < -0.39 is 0 Å². The van der Waals surface area contributed by atoms with E-state index in [4.69, 9.17) is 4.99 Å². The first-order chi connectivity index (χ1) is 9.75. The lowest BCUT2D eigenvalue weighted by molar-refractivity contribution is 0.419. The average Bonchev–Trinajstić information content (AvgIpc) is 3.13. The topological polar surface area (TPSA) is 15.4 Å². The van der Waals surface area contributed by atoms with Crippen LogP contribution in [0.15, 0.2) is 59.6 Å². The maximum Gasteiger partial charge on any atom is 0.101 e. The van der Waals surface area contributed by atoms with Crippen molar-refractivity contribution >= 4 is 28.3 Å². The van der Waals surface area contributed by atoms with Crippen LogP contribution in [0.3, 0.4) is 0 Å². The van der Waals surface area contributed by atoms with Crippen molar-refractivity contribution in [3.05, 3.63) is 69.3 Å². The van der Waals surface area contributed by atoms with Crippen molar-refractivity contribution in [2.45, 2.75) is 25.2 Å². The molecule has 2 nitrogen and oxygen atoms in total. The minimum Gasteiger partial charge on any atom is -0.269 e. The molecule has 0 aromatic heterocycles. The fourth-order valence-corrected chi connectivity index (χ4v) is 3.58. The number of aliphatic imine (C=N–C) groups is 1. The summed E-state index contributed by atoms with van der Waals surface area (Å²) in [6, 6.07) is 20.4. The summed E-state index contributed by atoms with van der Waals surface area (Å²) in [5.74, 6) is 0. The van der Waals surface area contributed by atoms with Gasteiger partial charge in [-0.25, -0.2) is 0 Å². The van der Waals surface area contributed by atoms with E-state index in [1.807, 2.05) is 0 Å². The smallest absolute Gasteiger partial charge is 0.101 e. The van der Waals surface area contributed by atoms with Crippen molar-refractivity contribution in [1.82, 2.24) is 4.90 Å². The molecule has 2 aromatic rings.